The summed E-state index contributed by atoms with van der Waals surface area (Å²) in [7, 11) is 0. The van der Waals surface area contributed by atoms with Crippen molar-refractivity contribution < 1.29 is 19.1 Å². The number of hydrogen-bond acceptors (Lipinski definition) is 4. The van der Waals surface area contributed by atoms with Crippen LogP contribution >= 0.6 is 0 Å². The zero-order valence-corrected chi connectivity index (χ0v) is 17.9. The molecule has 2 aromatic rings. The lowest BCUT2D eigenvalue weighted by Gasteiger charge is -2.14. The van der Waals surface area contributed by atoms with Gasteiger partial charge in [0.2, 0.25) is 5.91 Å². The van der Waals surface area contributed by atoms with Crippen LogP contribution in [0.15, 0.2) is 42.5 Å². The fraction of sp³-hybridized carbons (Fsp3) is 0.375. The highest BCUT2D eigenvalue weighted by Crippen LogP contribution is 2.22. The maximum atomic E-state index is 12.2. The van der Waals surface area contributed by atoms with Crippen LogP contribution in [0.4, 0.5) is 11.4 Å². The van der Waals surface area contributed by atoms with E-state index in [1.165, 1.54) is 0 Å². The van der Waals surface area contributed by atoms with Gasteiger partial charge in [-0.25, -0.2) is 0 Å². The van der Waals surface area contributed by atoms with Crippen LogP contribution in [0.3, 0.4) is 0 Å². The number of carbonyl (C=O) groups is 3. The lowest BCUT2D eigenvalue weighted by Crippen LogP contribution is -2.23. The minimum Gasteiger partial charge on any atom is -0.456 e. The number of anilines is 2. The molecule has 0 bridgehead atoms. The van der Waals surface area contributed by atoms with Crippen LogP contribution in [-0.2, 0) is 38.4 Å². The molecule has 0 saturated heterocycles. The molecule has 0 radical (unpaired) electrons. The summed E-state index contributed by atoms with van der Waals surface area (Å²) in [5, 5.41) is 5.66. The molecule has 0 atom stereocenters. The van der Waals surface area contributed by atoms with Crippen molar-refractivity contribution in [1.82, 2.24) is 0 Å². The summed E-state index contributed by atoms with van der Waals surface area (Å²) >= 11 is 0. The normalized spacial score (nSPS) is 10.4. The number of aryl methyl sites for hydroxylation is 3. The number of benzene rings is 2. The molecule has 30 heavy (non-hydrogen) atoms. The summed E-state index contributed by atoms with van der Waals surface area (Å²) in [5.74, 6) is -1.23. The first kappa shape index (κ1) is 23.1. The van der Waals surface area contributed by atoms with Gasteiger partial charge in [-0.3, -0.25) is 14.4 Å². The van der Waals surface area contributed by atoms with Gasteiger partial charge in [-0.15, -0.1) is 0 Å². The molecule has 0 heterocycles. The van der Waals surface area contributed by atoms with E-state index in [0.29, 0.717) is 0 Å². The number of para-hydroxylation sites is 2. The van der Waals surface area contributed by atoms with Crippen LogP contribution in [0.1, 0.15) is 50.3 Å². The van der Waals surface area contributed by atoms with Crippen molar-refractivity contribution in [2.24, 2.45) is 0 Å². The molecule has 2 N–H and O–H groups in total. The highest BCUT2D eigenvalue weighted by Gasteiger charge is 2.14. The maximum absolute atomic E-state index is 12.2. The average Bonchev–Trinajstić information content (AvgIpc) is 2.76. The van der Waals surface area contributed by atoms with Gasteiger partial charge in [0.15, 0.2) is 6.61 Å². The van der Waals surface area contributed by atoms with E-state index in [0.717, 1.165) is 47.3 Å². The molecule has 0 fully saturated rings. The fourth-order valence-corrected chi connectivity index (χ4v) is 3.18. The highest BCUT2D eigenvalue weighted by atomic mass is 16.5. The van der Waals surface area contributed by atoms with E-state index in [4.69, 9.17) is 4.74 Å². The lowest BCUT2D eigenvalue weighted by atomic mass is 10.0. The highest BCUT2D eigenvalue weighted by molar-refractivity contribution is 5.95. The van der Waals surface area contributed by atoms with Gasteiger partial charge in [0.1, 0.15) is 0 Å². The van der Waals surface area contributed by atoms with Crippen LogP contribution in [-0.4, -0.2) is 24.4 Å². The Hall–Kier alpha value is -3.15. The molecule has 0 aliphatic carbocycles. The molecule has 2 aromatic carbocycles. The molecule has 0 aromatic heterocycles. The van der Waals surface area contributed by atoms with Gasteiger partial charge >= 0.3 is 5.97 Å². The molecule has 0 spiro atoms. The summed E-state index contributed by atoms with van der Waals surface area (Å²) < 4.78 is 5.04. The maximum Gasteiger partial charge on any atom is 0.306 e. The Bertz CT molecular complexity index is 870. The van der Waals surface area contributed by atoms with Gasteiger partial charge in [0, 0.05) is 17.8 Å². The second-order valence-electron chi connectivity index (χ2n) is 6.93. The first-order chi connectivity index (χ1) is 14.5. The van der Waals surface area contributed by atoms with E-state index in [9.17, 15) is 14.4 Å². The predicted molar refractivity (Wildman–Crippen MR) is 118 cm³/mol. The van der Waals surface area contributed by atoms with Gasteiger partial charge in [0.05, 0.1) is 6.42 Å². The molecule has 6 heteroatoms. The number of ether oxygens (including phenoxy) is 1. The van der Waals surface area contributed by atoms with Crippen LogP contribution < -0.4 is 10.6 Å². The van der Waals surface area contributed by atoms with E-state index in [2.05, 4.69) is 10.6 Å². The van der Waals surface area contributed by atoms with Crippen molar-refractivity contribution in [2.75, 3.05) is 17.2 Å². The van der Waals surface area contributed by atoms with Crippen LogP contribution in [0, 0.1) is 0 Å². The summed E-state index contributed by atoms with van der Waals surface area (Å²) in [6, 6.07) is 13.5. The number of amides is 2. The van der Waals surface area contributed by atoms with E-state index < -0.39 is 5.97 Å². The quantitative estimate of drug-likeness (QED) is 0.573. The topological polar surface area (TPSA) is 84.5 Å². The molecule has 160 valence electrons. The Morgan fingerprint density at radius 1 is 0.733 bits per heavy atom. The Labute approximate surface area is 178 Å². The van der Waals surface area contributed by atoms with Crippen molar-refractivity contribution in [3.05, 3.63) is 59.2 Å². The van der Waals surface area contributed by atoms with Crippen molar-refractivity contribution in [1.29, 1.82) is 0 Å². The average molecular weight is 411 g/mol. The van der Waals surface area contributed by atoms with E-state index in [-0.39, 0.29) is 31.3 Å². The number of nitrogens with one attached hydrogen (secondary N) is 2. The van der Waals surface area contributed by atoms with Crippen LogP contribution in [0.25, 0.3) is 0 Å². The molecule has 6 nitrogen and oxygen atoms in total. The molecule has 2 rings (SSSR count). The monoisotopic (exact) mass is 410 g/mol. The first-order valence-corrected chi connectivity index (χ1v) is 10.4. The number of esters is 1. The first-order valence-electron chi connectivity index (χ1n) is 10.4. The van der Waals surface area contributed by atoms with Crippen LogP contribution in [0.2, 0.25) is 0 Å². The van der Waals surface area contributed by atoms with Gasteiger partial charge in [-0.1, -0.05) is 57.2 Å². The third-order valence-electron chi connectivity index (χ3n) is 4.86. The lowest BCUT2D eigenvalue weighted by molar-refractivity contribution is -0.147. The summed E-state index contributed by atoms with van der Waals surface area (Å²) in [4.78, 5) is 36.3. The van der Waals surface area contributed by atoms with E-state index in [1.807, 2.05) is 63.2 Å². The second-order valence-corrected chi connectivity index (χ2v) is 6.93. The van der Waals surface area contributed by atoms with Crippen LogP contribution in [0.5, 0.6) is 0 Å². The Kier molecular flexibility index (Phi) is 9.06. The molecule has 0 aliphatic heterocycles. The Balaban J connectivity index is 1.79. The second kappa shape index (κ2) is 11.8. The van der Waals surface area contributed by atoms with Gasteiger partial charge < -0.3 is 15.4 Å². The number of hydrogen-bond donors (Lipinski definition) is 2. The zero-order valence-electron chi connectivity index (χ0n) is 17.9. The Morgan fingerprint density at radius 2 is 1.33 bits per heavy atom. The standard InChI is InChI=1S/C24H30N2O4/c1-4-17-10-7-8-13-20(17)25-21(27)14-15-23(29)30-16-22(28)26-24-18(5-2)11-9-12-19(24)6-3/h7-13H,4-6,14-16H2,1-3H3,(H,25,27)(H,26,28). The Morgan fingerprint density at radius 3 is 1.97 bits per heavy atom. The van der Waals surface area contributed by atoms with Gasteiger partial charge in [-0.05, 0) is 42.0 Å². The van der Waals surface area contributed by atoms with E-state index >= 15 is 0 Å². The molecular weight excluding hydrogens is 380 g/mol. The molecular formula is C24H30N2O4. The molecule has 0 unspecified atom stereocenters. The predicted octanol–water partition coefficient (Wildman–Crippen LogP) is 4.27. The third kappa shape index (κ3) is 6.72. The number of carbonyl (C=O) groups excluding carboxylic acids is 3. The summed E-state index contributed by atoms with van der Waals surface area (Å²) in [5.41, 5.74) is 4.65. The van der Waals surface area contributed by atoms with Crippen molar-refractivity contribution in [3.8, 4) is 0 Å². The summed E-state index contributed by atoms with van der Waals surface area (Å²) in [6.45, 7) is 5.68. The minimum absolute atomic E-state index is 0.00283. The molecule has 2 amide bonds. The van der Waals surface area contributed by atoms with Gasteiger partial charge in [-0.2, -0.15) is 0 Å². The largest absolute Gasteiger partial charge is 0.456 e. The van der Waals surface area contributed by atoms with Crippen molar-refractivity contribution >= 4 is 29.2 Å². The SMILES string of the molecule is CCc1ccccc1NC(=O)CCC(=O)OCC(=O)Nc1c(CC)cccc1CC. The smallest absolute Gasteiger partial charge is 0.306 e. The van der Waals surface area contributed by atoms with Crippen molar-refractivity contribution in [3.63, 3.8) is 0 Å². The van der Waals surface area contributed by atoms with Crippen molar-refractivity contribution in [2.45, 2.75) is 52.9 Å². The van der Waals surface area contributed by atoms with Gasteiger partial charge in [0.25, 0.3) is 5.91 Å². The summed E-state index contributed by atoms with van der Waals surface area (Å²) in [6.07, 6.45) is 2.30. The third-order valence-corrected chi connectivity index (χ3v) is 4.86. The minimum atomic E-state index is -0.580. The fourth-order valence-electron chi connectivity index (χ4n) is 3.18. The molecule has 0 saturated carbocycles. The van der Waals surface area contributed by atoms with E-state index in [1.54, 1.807) is 0 Å². The number of rotatable bonds is 10. The molecule has 0 aliphatic rings. The zero-order chi connectivity index (χ0) is 21.9.